The van der Waals surface area contributed by atoms with E-state index in [0.717, 1.165) is 18.8 Å². The number of aliphatic hydroxyl groups excluding tert-OH is 1. The van der Waals surface area contributed by atoms with Gasteiger partial charge in [-0.1, -0.05) is 35.8 Å². The smallest absolute Gasteiger partial charge is 0.240 e. The molecule has 1 aliphatic rings. The lowest BCUT2D eigenvalue weighted by molar-refractivity contribution is 0.0749. The lowest BCUT2D eigenvalue weighted by Crippen LogP contribution is -2.41. The molecule has 5 nitrogen and oxygen atoms in total. The molecule has 0 amide bonds. The van der Waals surface area contributed by atoms with Crippen molar-refractivity contribution in [3.8, 4) is 0 Å². The summed E-state index contributed by atoms with van der Waals surface area (Å²) in [5.41, 5.74) is 2.46. The third-order valence-electron chi connectivity index (χ3n) is 4.42. The molecule has 0 bridgehead atoms. The van der Waals surface area contributed by atoms with Gasteiger partial charge in [0.25, 0.3) is 0 Å². The van der Waals surface area contributed by atoms with Crippen LogP contribution in [0.25, 0.3) is 0 Å². The molecule has 1 saturated heterocycles. The number of rotatable bonds is 5. The van der Waals surface area contributed by atoms with Gasteiger partial charge in [0.1, 0.15) is 0 Å². The lowest BCUT2D eigenvalue weighted by atomic mass is 10.0. The third-order valence-corrected chi connectivity index (χ3v) is 4.42. The summed E-state index contributed by atoms with van der Waals surface area (Å²) in [5.74, 6) is 1.37. The van der Waals surface area contributed by atoms with E-state index < -0.39 is 0 Å². The first kappa shape index (κ1) is 15.2. The third kappa shape index (κ3) is 3.54. The van der Waals surface area contributed by atoms with Crippen molar-refractivity contribution in [2.24, 2.45) is 0 Å². The molecule has 118 valence electrons. The van der Waals surface area contributed by atoms with Gasteiger partial charge in [-0.2, -0.15) is 4.98 Å². The Balaban J connectivity index is 1.65. The highest BCUT2D eigenvalue weighted by Gasteiger charge is 2.23. The molecule has 0 spiro atoms. The second kappa shape index (κ2) is 7.03. The summed E-state index contributed by atoms with van der Waals surface area (Å²) >= 11 is 0. The summed E-state index contributed by atoms with van der Waals surface area (Å²) < 4.78 is 5.39. The molecule has 5 heteroatoms. The monoisotopic (exact) mass is 301 g/mol. The number of piperidine rings is 1. The quantitative estimate of drug-likeness (QED) is 0.918. The zero-order chi connectivity index (χ0) is 15.4. The van der Waals surface area contributed by atoms with Crippen LogP contribution in [-0.2, 0) is 13.0 Å². The molecule has 22 heavy (non-hydrogen) atoms. The maximum Gasteiger partial charge on any atom is 0.240 e. The Hall–Kier alpha value is -1.72. The molecule has 2 heterocycles. The number of aryl methyl sites for hydroxylation is 1. The lowest BCUT2D eigenvalue weighted by Gasteiger charge is -2.33. The number of benzene rings is 1. The molecule has 1 atom stereocenters. The molecule has 1 unspecified atom stereocenters. The van der Waals surface area contributed by atoms with Crippen LogP contribution in [-0.4, -0.2) is 39.3 Å². The highest BCUT2D eigenvalue weighted by atomic mass is 16.5. The topological polar surface area (TPSA) is 62.4 Å². The fourth-order valence-electron chi connectivity index (χ4n) is 3.05. The van der Waals surface area contributed by atoms with Gasteiger partial charge in [0, 0.05) is 12.5 Å². The number of nitrogens with zero attached hydrogens (tertiary/aromatic N) is 3. The summed E-state index contributed by atoms with van der Waals surface area (Å²) in [6.07, 6.45) is 4.09. The number of hydrogen-bond donors (Lipinski definition) is 1. The predicted octanol–water partition coefficient (Wildman–Crippen LogP) is 2.32. The van der Waals surface area contributed by atoms with Gasteiger partial charge in [-0.05, 0) is 37.4 Å². The maximum absolute atomic E-state index is 9.46. The van der Waals surface area contributed by atoms with Gasteiger partial charge in [0.15, 0.2) is 5.82 Å². The van der Waals surface area contributed by atoms with Gasteiger partial charge in [0.2, 0.25) is 5.89 Å². The molecule has 0 saturated carbocycles. The van der Waals surface area contributed by atoms with Crippen LogP contribution in [0.2, 0.25) is 0 Å². The zero-order valence-corrected chi connectivity index (χ0v) is 13.0. The number of hydrogen-bond acceptors (Lipinski definition) is 5. The van der Waals surface area contributed by atoms with Crippen LogP contribution >= 0.6 is 0 Å². The predicted molar refractivity (Wildman–Crippen MR) is 83.4 cm³/mol. The number of aliphatic hydroxyl groups is 1. The Morgan fingerprint density at radius 1 is 1.32 bits per heavy atom. The van der Waals surface area contributed by atoms with Crippen LogP contribution in [0.1, 0.15) is 42.1 Å². The molecule has 0 aliphatic carbocycles. The summed E-state index contributed by atoms with van der Waals surface area (Å²) in [5, 5.41) is 13.6. The van der Waals surface area contributed by atoms with Crippen LogP contribution in [0.3, 0.4) is 0 Å². The van der Waals surface area contributed by atoms with Crippen molar-refractivity contribution >= 4 is 0 Å². The van der Waals surface area contributed by atoms with Crippen molar-refractivity contribution < 1.29 is 9.63 Å². The molecule has 2 aromatic rings. The zero-order valence-electron chi connectivity index (χ0n) is 13.0. The summed E-state index contributed by atoms with van der Waals surface area (Å²) in [6.45, 7) is 3.91. The average Bonchev–Trinajstić information content (AvgIpc) is 2.97. The Morgan fingerprint density at radius 3 is 3.00 bits per heavy atom. The van der Waals surface area contributed by atoms with Gasteiger partial charge >= 0.3 is 0 Å². The van der Waals surface area contributed by atoms with Crippen molar-refractivity contribution in [1.82, 2.24) is 15.0 Å². The summed E-state index contributed by atoms with van der Waals surface area (Å²) in [4.78, 5) is 6.75. The van der Waals surface area contributed by atoms with Crippen LogP contribution in [0.5, 0.6) is 0 Å². The normalized spacial score (nSPS) is 19.5. The second-order valence-electron chi connectivity index (χ2n) is 6.01. The molecule has 1 aromatic heterocycles. The van der Waals surface area contributed by atoms with Crippen LogP contribution < -0.4 is 0 Å². The number of likely N-dealkylation sites (tertiary alicyclic amines) is 1. The fraction of sp³-hybridized carbons (Fsp3) is 0.529. The van der Waals surface area contributed by atoms with Gasteiger partial charge in [0.05, 0.1) is 13.2 Å². The van der Waals surface area contributed by atoms with E-state index >= 15 is 0 Å². The minimum atomic E-state index is 0.199. The average molecular weight is 301 g/mol. The van der Waals surface area contributed by atoms with Gasteiger partial charge in [-0.3, -0.25) is 4.90 Å². The Kier molecular flexibility index (Phi) is 4.85. The van der Waals surface area contributed by atoms with E-state index in [2.05, 4.69) is 34.1 Å². The van der Waals surface area contributed by atoms with E-state index in [1.54, 1.807) is 0 Å². The van der Waals surface area contributed by atoms with Crippen molar-refractivity contribution in [3.05, 3.63) is 47.1 Å². The summed E-state index contributed by atoms with van der Waals surface area (Å²) in [7, 11) is 0. The minimum Gasteiger partial charge on any atom is -0.395 e. The Morgan fingerprint density at radius 2 is 2.18 bits per heavy atom. The molecule has 1 aromatic carbocycles. The van der Waals surface area contributed by atoms with Crippen molar-refractivity contribution in [3.63, 3.8) is 0 Å². The molecule has 1 aliphatic heterocycles. The van der Waals surface area contributed by atoms with Gasteiger partial charge < -0.3 is 9.63 Å². The molecule has 1 N–H and O–H groups in total. The number of aromatic nitrogens is 2. The molecule has 0 radical (unpaired) electrons. The molecular weight excluding hydrogens is 278 g/mol. The van der Waals surface area contributed by atoms with Gasteiger partial charge in [-0.15, -0.1) is 0 Å². The van der Waals surface area contributed by atoms with Crippen LogP contribution in [0.4, 0.5) is 0 Å². The van der Waals surface area contributed by atoms with E-state index in [1.165, 1.54) is 24.0 Å². The van der Waals surface area contributed by atoms with E-state index in [1.807, 2.05) is 12.1 Å². The van der Waals surface area contributed by atoms with Crippen molar-refractivity contribution in [1.29, 1.82) is 0 Å². The van der Waals surface area contributed by atoms with E-state index in [-0.39, 0.29) is 12.6 Å². The van der Waals surface area contributed by atoms with E-state index in [0.29, 0.717) is 18.9 Å². The fourth-order valence-corrected chi connectivity index (χ4v) is 3.05. The second-order valence-corrected chi connectivity index (χ2v) is 6.01. The van der Waals surface area contributed by atoms with Crippen molar-refractivity contribution in [2.45, 2.75) is 45.2 Å². The molecule has 1 fully saturated rings. The minimum absolute atomic E-state index is 0.199. The van der Waals surface area contributed by atoms with Crippen LogP contribution in [0, 0.1) is 6.92 Å². The maximum atomic E-state index is 9.46. The SMILES string of the molecule is Cc1ccccc1Cc1noc(CN2CCCCC2CO)n1. The van der Waals surface area contributed by atoms with E-state index in [4.69, 9.17) is 4.52 Å². The first-order chi connectivity index (χ1) is 10.8. The first-order valence-electron chi connectivity index (χ1n) is 7.97. The Labute approximate surface area is 131 Å². The highest BCUT2D eigenvalue weighted by Crippen LogP contribution is 2.19. The molecule has 3 rings (SSSR count). The first-order valence-corrected chi connectivity index (χ1v) is 7.97. The van der Waals surface area contributed by atoms with Gasteiger partial charge in [-0.25, -0.2) is 0 Å². The highest BCUT2D eigenvalue weighted by molar-refractivity contribution is 5.27. The van der Waals surface area contributed by atoms with Crippen LogP contribution in [0.15, 0.2) is 28.8 Å². The summed E-state index contributed by atoms with van der Waals surface area (Å²) in [6, 6.07) is 8.48. The largest absolute Gasteiger partial charge is 0.395 e. The van der Waals surface area contributed by atoms with E-state index in [9.17, 15) is 5.11 Å². The van der Waals surface area contributed by atoms with Crippen molar-refractivity contribution in [2.75, 3.05) is 13.2 Å². The standard InChI is InChI=1S/C17H23N3O2/c1-13-6-2-3-7-14(13)10-16-18-17(22-19-16)11-20-9-5-4-8-15(20)12-21/h2-3,6-7,15,21H,4-5,8-12H2,1H3. The molecular formula is C17H23N3O2. The Bertz CT molecular complexity index is 611.